The number of sulfonamides is 1. The number of halogens is 1. The smallest absolute Gasteiger partial charge is 0.271 e. The van der Waals surface area contributed by atoms with Crippen LogP contribution < -0.4 is 9.46 Å². The number of hydrogen-bond acceptors (Lipinski definition) is 6. The second-order valence-corrected chi connectivity index (χ2v) is 8.70. The lowest BCUT2D eigenvalue weighted by molar-refractivity contribution is 0.415. The summed E-state index contributed by atoms with van der Waals surface area (Å²) >= 11 is 7.14. The highest BCUT2D eigenvalue weighted by Crippen LogP contribution is 2.35. The third kappa shape index (κ3) is 3.51. The molecule has 0 amide bonds. The summed E-state index contributed by atoms with van der Waals surface area (Å²) in [7, 11) is -2.24. The van der Waals surface area contributed by atoms with Gasteiger partial charge in [-0.2, -0.15) is 0 Å². The number of nitrogens with one attached hydrogen (secondary N) is 1. The molecular weight excluding hydrogens is 384 g/mol. The Bertz CT molecular complexity index is 1020. The van der Waals surface area contributed by atoms with Gasteiger partial charge in [0.1, 0.15) is 9.96 Å². The number of benzene rings is 1. The van der Waals surface area contributed by atoms with Gasteiger partial charge in [0.15, 0.2) is 5.76 Å². The molecule has 9 heteroatoms. The average molecular weight is 399 g/mol. The molecular formula is C16H15ClN2O4S2. The summed E-state index contributed by atoms with van der Waals surface area (Å²) in [6, 6.07) is 7.91. The highest BCUT2D eigenvalue weighted by molar-refractivity contribution is 7.94. The molecule has 0 fully saturated rings. The van der Waals surface area contributed by atoms with Crippen LogP contribution in [-0.4, -0.2) is 20.7 Å². The van der Waals surface area contributed by atoms with Crippen molar-refractivity contribution in [2.45, 2.75) is 18.1 Å². The van der Waals surface area contributed by atoms with E-state index in [2.05, 4.69) is 9.88 Å². The third-order valence-corrected chi connectivity index (χ3v) is 6.88. The van der Waals surface area contributed by atoms with Gasteiger partial charge in [-0.05, 0) is 44.2 Å². The van der Waals surface area contributed by atoms with Gasteiger partial charge < -0.3 is 9.26 Å². The van der Waals surface area contributed by atoms with Crippen LogP contribution in [0.15, 0.2) is 39.1 Å². The first-order valence-electron chi connectivity index (χ1n) is 7.21. The Hall–Kier alpha value is -2.03. The van der Waals surface area contributed by atoms with Crippen LogP contribution in [0.2, 0.25) is 5.02 Å². The highest BCUT2D eigenvalue weighted by atomic mass is 35.5. The Morgan fingerprint density at radius 2 is 2.00 bits per heavy atom. The Balaban J connectivity index is 1.88. The molecule has 2 aromatic heterocycles. The molecule has 0 bridgehead atoms. The summed E-state index contributed by atoms with van der Waals surface area (Å²) in [4.78, 5) is 0.700. The predicted octanol–water partition coefficient (Wildman–Crippen LogP) is 4.48. The molecule has 0 unspecified atom stereocenters. The second kappa shape index (κ2) is 6.70. The predicted molar refractivity (Wildman–Crippen MR) is 98.1 cm³/mol. The van der Waals surface area contributed by atoms with Crippen LogP contribution in [-0.2, 0) is 10.0 Å². The Labute approximate surface area is 154 Å². The van der Waals surface area contributed by atoms with Gasteiger partial charge in [-0.25, -0.2) is 8.42 Å². The molecule has 0 radical (unpaired) electrons. The van der Waals surface area contributed by atoms with Crippen LogP contribution in [0.1, 0.15) is 11.3 Å². The van der Waals surface area contributed by atoms with Crippen molar-refractivity contribution in [3.05, 3.63) is 46.6 Å². The summed E-state index contributed by atoms with van der Waals surface area (Å²) in [5.74, 6) is 1.05. The third-order valence-electron chi connectivity index (χ3n) is 3.63. The van der Waals surface area contributed by atoms with E-state index in [1.165, 1.54) is 19.2 Å². The quantitative estimate of drug-likeness (QED) is 0.685. The van der Waals surface area contributed by atoms with Crippen molar-refractivity contribution in [3.8, 4) is 16.4 Å². The van der Waals surface area contributed by atoms with Crippen LogP contribution in [0, 0.1) is 13.8 Å². The van der Waals surface area contributed by atoms with E-state index in [4.69, 9.17) is 20.9 Å². The fraction of sp³-hybridized carbons (Fsp3) is 0.188. The number of aromatic nitrogens is 1. The number of ether oxygens (including phenoxy) is 1. The zero-order valence-electron chi connectivity index (χ0n) is 13.7. The number of rotatable bonds is 5. The van der Waals surface area contributed by atoms with E-state index in [0.717, 1.165) is 22.6 Å². The lowest BCUT2D eigenvalue weighted by atomic mass is 10.2. The average Bonchev–Trinajstić information content (AvgIpc) is 3.16. The zero-order valence-corrected chi connectivity index (χ0v) is 16.1. The summed E-state index contributed by atoms with van der Waals surface area (Å²) in [6.07, 6.45) is 0. The minimum absolute atomic E-state index is 0.169. The number of methoxy groups -OCH3 is 1. The maximum absolute atomic E-state index is 12.6. The van der Waals surface area contributed by atoms with E-state index in [9.17, 15) is 8.42 Å². The molecule has 0 saturated heterocycles. The van der Waals surface area contributed by atoms with E-state index >= 15 is 0 Å². The monoisotopic (exact) mass is 398 g/mol. The van der Waals surface area contributed by atoms with Gasteiger partial charge in [-0.3, -0.25) is 4.72 Å². The van der Waals surface area contributed by atoms with E-state index in [-0.39, 0.29) is 4.21 Å². The SMILES string of the molecule is COc1ccc(NS(=O)(=O)c2ccc(-c3onc(C)c3C)s2)cc1Cl. The van der Waals surface area contributed by atoms with Crippen molar-refractivity contribution < 1.29 is 17.7 Å². The van der Waals surface area contributed by atoms with E-state index in [1.807, 2.05) is 13.8 Å². The number of anilines is 1. The lowest BCUT2D eigenvalue weighted by Gasteiger charge is -2.08. The summed E-state index contributed by atoms with van der Waals surface area (Å²) < 4.78 is 38.2. The molecule has 25 heavy (non-hydrogen) atoms. The first-order chi connectivity index (χ1) is 11.8. The molecule has 1 N–H and O–H groups in total. The van der Waals surface area contributed by atoms with Crippen LogP contribution in [0.25, 0.3) is 10.6 Å². The van der Waals surface area contributed by atoms with Crippen LogP contribution >= 0.6 is 22.9 Å². The molecule has 0 atom stereocenters. The van der Waals surface area contributed by atoms with Gasteiger partial charge in [0.25, 0.3) is 10.0 Å². The largest absolute Gasteiger partial charge is 0.495 e. The molecule has 0 spiro atoms. The lowest BCUT2D eigenvalue weighted by Crippen LogP contribution is -2.11. The standard InChI is InChI=1S/C16H15ClN2O4S2/c1-9-10(2)18-23-16(9)14-6-7-15(24-14)25(20,21)19-11-4-5-13(22-3)12(17)8-11/h4-8,19H,1-3H3. The van der Waals surface area contributed by atoms with Gasteiger partial charge in [0, 0.05) is 5.56 Å². The molecule has 1 aromatic carbocycles. The van der Waals surface area contributed by atoms with Gasteiger partial charge in [0.2, 0.25) is 0 Å². The van der Waals surface area contributed by atoms with Crippen LogP contribution in [0.4, 0.5) is 5.69 Å². The summed E-state index contributed by atoms with van der Waals surface area (Å²) in [5, 5.41) is 4.22. The number of hydrogen-bond donors (Lipinski definition) is 1. The van der Waals surface area contributed by atoms with Crippen molar-refractivity contribution in [2.75, 3.05) is 11.8 Å². The van der Waals surface area contributed by atoms with Gasteiger partial charge >= 0.3 is 0 Å². The highest BCUT2D eigenvalue weighted by Gasteiger charge is 2.20. The molecule has 0 aliphatic heterocycles. The van der Waals surface area contributed by atoms with Gasteiger partial charge in [-0.1, -0.05) is 16.8 Å². The van der Waals surface area contributed by atoms with Crippen molar-refractivity contribution in [1.29, 1.82) is 0 Å². The number of thiophene rings is 1. The second-order valence-electron chi connectivity index (χ2n) is 5.30. The topological polar surface area (TPSA) is 81.4 Å². The fourth-order valence-electron chi connectivity index (χ4n) is 2.17. The van der Waals surface area contributed by atoms with Gasteiger partial charge in [0.05, 0.1) is 28.4 Å². The van der Waals surface area contributed by atoms with E-state index in [0.29, 0.717) is 27.1 Å². The molecule has 0 saturated carbocycles. The molecule has 132 valence electrons. The Kier molecular flexibility index (Phi) is 4.77. The molecule has 0 aliphatic rings. The minimum Gasteiger partial charge on any atom is -0.495 e. The van der Waals surface area contributed by atoms with Crippen molar-refractivity contribution in [3.63, 3.8) is 0 Å². The Morgan fingerprint density at radius 3 is 2.60 bits per heavy atom. The van der Waals surface area contributed by atoms with Crippen LogP contribution in [0.3, 0.4) is 0 Å². The number of aryl methyl sites for hydroxylation is 1. The molecule has 6 nitrogen and oxygen atoms in total. The minimum atomic E-state index is -3.74. The first kappa shape index (κ1) is 17.8. The maximum Gasteiger partial charge on any atom is 0.271 e. The zero-order chi connectivity index (χ0) is 18.2. The van der Waals surface area contributed by atoms with Gasteiger partial charge in [-0.15, -0.1) is 11.3 Å². The summed E-state index contributed by atoms with van der Waals surface area (Å²) in [5.41, 5.74) is 2.02. The first-order valence-corrected chi connectivity index (χ1v) is 9.89. The van der Waals surface area contributed by atoms with Crippen molar-refractivity contribution in [1.82, 2.24) is 5.16 Å². The van der Waals surface area contributed by atoms with E-state index in [1.54, 1.807) is 18.2 Å². The molecule has 3 aromatic rings. The molecule has 2 heterocycles. The Morgan fingerprint density at radius 1 is 1.24 bits per heavy atom. The molecule has 3 rings (SSSR count). The fourth-order valence-corrected chi connectivity index (χ4v) is 4.81. The van der Waals surface area contributed by atoms with Crippen molar-refractivity contribution >= 4 is 38.6 Å². The van der Waals surface area contributed by atoms with Crippen LogP contribution in [0.5, 0.6) is 5.75 Å². The molecule has 0 aliphatic carbocycles. The van der Waals surface area contributed by atoms with E-state index < -0.39 is 10.0 Å². The van der Waals surface area contributed by atoms with Crippen molar-refractivity contribution in [2.24, 2.45) is 0 Å². The normalized spacial score (nSPS) is 11.5. The number of nitrogens with zero attached hydrogens (tertiary/aromatic N) is 1. The maximum atomic E-state index is 12.6. The summed E-state index contributed by atoms with van der Waals surface area (Å²) in [6.45, 7) is 3.72.